The number of hydrogen-bond donors (Lipinski definition) is 0. The normalized spacial score (nSPS) is 21.3. The summed E-state index contributed by atoms with van der Waals surface area (Å²) in [7, 11) is 1.48. The van der Waals surface area contributed by atoms with Crippen LogP contribution >= 0.6 is 0 Å². The standard InChI is InChI=1S/C10H18O2/c1-9(2,3)10(6-5-7-10)8(11)12-4/h5-7H2,1-4H3. The van der Waals surface area contributed by atoms with Crippen LogP contribution in [0.4, 0.5) is 0 Å². The Morgan fingerprint density at radius 1 is 1.33 bits per heavy atom. The second kappa shape index (κ2) is 2.75. The monoisotopic (exact) mass is 170 g/mol. The lowest BCUT2D eigenvalue weighted by molar-refractivity contribution is -0.169. The van der Waals surface area contributed by atoms with Crippen molar-refractivity contribution >= 4 is 5.97 Å². The van der Waals surface area contributed by atoms with Crippen LogP contribution < -0.4 is 0 Å². The predicted molar refractivity (Wildman–Crippen MR) is 47.8 cm³/mol. The Bertz CT molecular complexity index is 185. The smallest absolute Gasteiger partial charge is 0.312 e. The third-order valence-electron chi connectivity index (χ3n) is 3.22. The van der Waals surface area contributed by atoms with Crippen molar-refractivity contribution in [2.24, 2.45) is 10.8 Å². The van der Waals surface area contributed by atoms with Crippen molar-refractivity contribution in [3.8, 4) is 0 Å². The summed E-state index contributed by atoms with van der Waals surface area (Å²) in [4.78, 5) is 11.5. The van der Waals surface area contributed by atoms with Crippen LogP contribution in [0.1, 0.15) is 40.0 Å². The van der Waals surface area contributed by atoms with E-state index < -0.39 is 0 Å². The zero-order valence-corrected chi connectivity index (χ0v) is 8.44. The van der Waals surface area contributed by atoms with Crippen molar-refractivity contribution in [1.82, 2.24) is 0 Å². The van der Waals surface area contributed by atoms with Gasteiger partial charge in [0.25, 0.3) is 0 Å². The van der Waals surface area contributed by atoms with Crippen LogP contribution in [0.25, 0.3) is 0 Å². The predicted octanol–water partition coefficient (Wildman–Crippen LogP) is 2.38. The summed E-state index contributed by atoms with van der Waals surface area (Å²) in [5.41, 5.74) is -0.153. The SMILES string of the molecule is COC(=O)C1(C(C)(C)C)CCC1. The van der Waals surface area contributed by atoms with Gasteiger partial charge in [0.1, 0.15) is 0 Å². The van der Waals surface area contributed by atoms with Crippen LogP contribution in [-0.2, 0) is 9.53 Å². The number of ether oxygens (including phenoxy) is 1. The number of rotatable bonds is 1. The van der Waals surface area contributed by atoms with Gasteiger partial charge >= 0.3 is 5.97 Å². The minimum absolute atomic E-state index is 0.0266. The first-order valence-corrected chi connectivity index (χ1v) is 4.52. The lowest BCUT2D eigenvalue weighted by Gasteiger charge is -2.48. The number of carbonyl (C=O) groups excluding carboxylic acids is 1. The lowest BCUT2D eigenvalue weighted by Crippen LogP contribution is -2.48. The Kier molecular flexibility index (Phi) is 2.19. The molecule has 1 rings (SSSR count). The molecule has 1 aliphatic carbocycles. The Morgan fingerprint density at radius 2 is 1.83 bits per heavy atom. The molecule has 0 atom stereocenters. The summed E-state index contributed by atoms with van der Waals surface area (Å²) in [5.74, 6) is -0.0266. The highest BCUT2D eigenvalue weighted by molar-refractivity contribution is 5.78. The molecule has 0 aromatic rings. The van der Waals surface area contributed by atoms with Crippen molar-refractivity contribution in [3.05, 3.63) is 0 Å². The van der Waals surface area contributed by atoms with Gasteiger partial charge in [0.05, 0.1) is 12.5 Å². The Balaban J connectivity index is 2.83. The average molecular weight is 170 g/mol. The van der Waals surface area contributed by atoms with Gasteiger partial charge < -0.3 is 4.74 Å². The number of esters is 1. The van der Waals surface area contributed by atoms with Gasteiger partial charge in [-0.05, 0) is 18.3 Å². The second-order valence-electron chi connectivity index (χ2n) is 4.68. The number of hydrogen-bond acceptors (Lipinski definition) is 2. The van der Waals surface area contributed by atoms with Crippen molar-refractivity contribution in [2.75, 3.05) is 7.11 Å². The van der Waals surface area contributed by atoms with E-state index in [0.29, 0.717) is 0 Å². The van der Waals surface area contributed by atoms with Gasteiger partial charge in [0.15, 0.2) is 0 Å². The molecule has 0 spiro atoms. The zero-order chi connectivity index (χ0) is 9.41. The Labute approximate surface area is 74.3 Å². The fraction of sp³-hybridized carbons (Fsp3) is 0.900. The molecule has 0 unspecified atom stereocenters. The first kappa shape index (κ1) is 9.56. The molecule has 12 heavy (non-hydrogen) atoms. The van der Waals surface area contributed by atoms with E-state index in [1.165, 1.54) is 7.11 Å². The minimum Gasteiger partial charge on any atom is -0.469 e. The zero-order valence-electron chi connectivity index (χ0n) is 8.44. The highest BCUT2D eigenvalue weighted by atomic mass is 16.5. The van der Waals surface area contributed by atoms with Gasteiger partial charge in [-0.25, -0.2) is 0 Å². The van der Waals surface area contributed by atoms with Crippen LogP contribution in [0.3, 0.4) is 0 Å². The quantitative estimate of drug-likeness (QED) is 0.565. The molecule has 1 aliphatic rings. The van der Waals surface area contributed by atoms with Crippen molar-refractivity contribution in [3.63, 3.8) is 0 Å². The summed E-state index contributed by atoms with van der Waals surface area (Å²) in [6.45, 7) is 6.34. The first-order chi connectivity index (χ1) is 5.44. The topological polar surface area (TPSA) is 26.3 Å². The van der Waals surface area contributed by atoms with Crippen LogP contribution in [-0.4, -0.2) is 13.1 Å². The molecule has 0 saturated heterocycles. The molecule has 70 valence electrons. The third-order valence-corrected chi connectivity index (χ3v) is 3.22. The molecule has 2 heteroatoms. The second-order valence-corrected chi connectivity index (χ2v) is 4.68. The molecule has 0 aromatic heterocycles. The molecule has 2 nitrogen and oxygen atoms in total. The maximum absolute atomic E-state index is 11.5. The van der Waals surface area contributed by atoms with E-state index in [4.69, 9.17) is 4.74 Å². The van der Waals surface area contributed by atoms with Gasteiger partial charge in [-0.1, -0.05) is 27.2 Å². The molecule has 0 aromatic carbocycles. The van der Waals surface area contributed by atoms with Gasteiger partial charge in [0, 0.05) is 0 Å². The number of carbonyl (C=O) groups is 1. The molecule has 0 radical (unpaired) electrons. The fourth-order valence-corrected chi connectivity index (χ4v) is 1.99. The molecule has 0 aliphatic heterocycles. The molecular formula is C10H18O2. The first-order valence-electron chi connectivity index (χ1n) is 4.52. The summed E-state index contributed by atoms with van der Waals surface area (Å²) >= 11 is 0. The van der Waals surface area contributed by atoms with Gasteiger partial charge in [-0.2, -0.15) is 0 Å². The van der Waals surface area contributed by atoms with Crippen molar-refractivity contribution in [1.29, 1.82) is 0 Å². The highest BCUT2D eigenvalue weighted by Crippen LogP contribution is 2.54. The van der Waals surface area contributed by atoms with E-state index >= 15 is 0 Å². The molecule has 0 heterocycles. The van der Waals surface area contributed by atoms with Crippen LogP contribution in [0.2, 0.25) is 0 Å². The molecule has 1 fully saturated rings. The van der Waals surface area contributed by atoms with E-state index in [-0.39, 0.29) is 16.8 Å². The maximum atomic E-state index is 11.5. The largest absolute Gasteiger partial charge is 0.469 e. The fourth-order valence-electron chi connectivity index (χ4n) is 1.99. The summed E-state index contributed by atoms with van der Waals surface area (Å²) in [6.07, 6.45) is 3.14. The van der Waals surface area contributed by atoms with Crippen LogP contribution in [0, 0.1) is 10.8 Å². The molecular weight excluding hydrogens is 152 g/mol. The summed E-state index contributed by atoms with van der Waals surface area (Å²) in [6, 6.07) is 0. The van der Waals surface area contributed by atoms with Crippen LogP contribution in [0.15, 0.2) is 0 Å². The average Bonchev–Trinajstić information content (AvgIpc) is 1.81. The summed E-state index contributed by atoms with van der Waals surface area (Å²) in [5, 5.41) is 0. The third kappa shape index (κ3) is 1.13. The highest BCUT2D eigenvalue weighted by Gasteiger charge is 2.53. The van der Waals surface area contributed by atoms with Gasteiger partial charge in [-0.3, -0.25) is 4.79 Å². The Morgan fingerprint density at radius 3 is 1.92 bits per heavy atom. The molecule has 0 N–H and O–H groups in total. The Hall–Kier alpha value is -0.530. The maximum Gasteiger partial charge on any atom is 0.312 e. The van der Waals surface area contributed by atoms with Crippen molar-refractivity contribution < 1.29 is 9.53 Å². The molecule has 0 amide bonds. The summed E-state index contributed by atoms with van der Waals surface area (Å²) < 4.78 is 4.85. The molecule has 1 saturated carbocycles. The molecule has 0 bridgehead atoms. The van der Waals surface area contributed by atoms with Gasteiger partial charge in [0.2, 0.25) is 0 Å². The van der Waals surface area contributed by atoms with E-state index in [9.17, 15) is 4.79 Å². The minimum atomic E-state index is -0.193. The van der Waals surface area contributed by atoms with E-state index in [1.807, 2.05) is 0 Å². The number of methoxy groups -OCH3 is 1. The van der Waals surface area contributed by atoms with Gasteiger partial charge in [-0.15, -0.1) is 0 Å². The van der Waals surface area contributed by atoms with Crippen molar-refractivity contribution in [2.45, 2.75) is 40.0 Å². The lowest BCUT2D eigenvalue weighted by atomic mass is 9.55. The van der Waals surface area contributed by atoms with E-state index in [0.717, 1.165) is 19.3 Å². The van der Waals surface area contributed by atoms with E-state index in [1.54, 1.807) is 0 Å². The van der Waals surface area contributed by atoms with Crippen LogP contribution in [0.5, 0.6) is 0 Å². The van der Waals surface area contributed by atoms with E-state index in [2.05, 4.69) is 20.8 Å².